The van der Waals surface area contributed by atoms with Crippen LogP contribution in [0.2, 0.25) is 0 Å². The highest BCUT2D eigenvalue weighted by atomic mass is 16.1. The highest BCUT2D eigenvalue weighted by molar-refractivity contribution is 5.80. The molecular formula is C15H23NO. The van der Waals surface area contributed by atoms with Crippen LogP contribution in [0, 0.1) is 11.8 Å². The van der Waals surface area contributed by atoms with Crippen molar-refractivity contribution in [2.75, 3.05) is 0 Å². The summed E-state index contributed by atoms with van der Waals surface area (Å²) in [5.74, 6) is 2.54. The molecular weight excluding hydrogens is 210 g/mol. The summed E-state index contributed by atoms with van der Waals surface area (Å²) in [4.78, 5) is 14.6. The zero-order valence-corrected chi connectivity index (χ0v) is 10.6. The molecule has 0 amide bonds. The van der Waals surface area contributed by atoms with Crippen LogP contribution in [-0.2, 0) is 4.79 Å². The molecule has 0 aromatic heterocycles. The lowest BCUT2D eigenvalue weighted by Crippen LogP contribution is -2.57. The van der Waals surface area contributed by atoms with Crippen molar-refractivity contribution in [3.63, 3.8) is 0 Å². The lowest BCUT2D eigenvalue weighted by Gasteiger charge is -2.50. The molecule has 0 N–H and O–H groups in total. The standard InChI is InChI=1S/C15H23NO/c17-14-8-12-2-1-3-13(9-14)16(12)15(10-4-5-10)11-6-7-11/h10-13,15H,1-9H2. The minimum Gasteiger partial charge on any atom is -0.300 e. The van der Waals surface area contributed by atoms with Crippen LogP contribution in [0.15, 0.2) is 0 Å². The van der Waals surface area contributed by atoms with Crippen molar-refractivity contribution in [3.8, 4) is 0 Å². The fourth-order valence-corrected chi connectivity index (χ4v) is 4.44. The monoisotopic (exact) mass is 233 g/mol. The van der Waals surface area contributed by atoms with Crippen LogP contribution >= 0.6 is 0 Å². The summed E-state index contributed by atoms with van der Waals surface area (Å²) in [6, 6.07) is 2.13. The van der Waals surface area contributed by atoms with Crippen LogP contribution in [0.5, 0.6) is 0 Å². The number of piperidine rings is 2. The number of fused-ring (bicyclic) bond motifs is 2. The lowest BCUT2D eigenvalue weighted by molar-refractivity contribution is -0.129. The summed E-state index contributed by atoms with van der Waals surface area (Å²) in [5.41, 5.74) is 0. The van der Waals surface area contributed by atoms with Gasteiger partial charge in [-0.25, -0.2) is 0 Å². The largest absolute Gasteiger partial charge is 0.300 e. The fraction of sp³-hybridized carbons (Fsp3) is 0.933. The van der Waals surface area contributed by atoms with E-state index in [9.17, 15) is 4.79 Å². The van der Waals surface area contributed by atoms with Gasteiger partial charge in [-0.1, -0.05) is 6.42 Å². The first-order valence-corrected chi connectivity index (χ1v) is 7.62. The second kappa shape index (κ2) is 3.81. The van der Waals surface area contributed by atoms with Gasteiger partial charge in [0.2, 0.25) is 0 Å². The van der Waals surface area contributed by atoms with Crippen LogP contribution in [0.4, 0.5) is 0 Å². The summed E-state index contributed by atoms with van der Waals surface area (Å²) >= 11 is 0. The Balaban J connectivity index is 1.60. The highest BCUT2D eigenvalue weighted by Crippen LogP contribution is 2.50. The maximum Gasteiger partial charge on any atom is 0.136 e. The maximum absolute atomic E-state index is 11.8. The smallest absolute Gasteiger partial charge is 0.136 e. The average molecular weight is 233 g/mol. The molecule has 0 spiro atoms. The molecule has 2 aliphatic carbocycles. The molecule has 17 heavy (non-hydrogen) atoms. The van der Waals surface area contributed by atoms with Crippen molar-refractivity contribution in [2.24, 2.45) is 11.8 Å². The van der Waals surface area contributed by atoms with Gasteiger partial charge < -0.3 is 0 Å². The first-order chi connectivity index (χ1) is 8.33. The first-order valence-electron chi connectivity index (χ1n) is 7.62. The van der Waals surface area contributed by atoms with Crippen LogP contribution in [0.3, 0.4) is 0 Å². The van der Waals surface area contributed by atoms with Crippen LogP contribution in [0.1, 0.15) is 57.8 Å². The topological polar surface area (TPSA) is 20.3 Å². The third-order valence-electron chi connectivity index (χ3n) is 5.40. The second-order valence-electron chi connectivity index (χ2n) is 6.80. The van der Waals surface area contributed by atoms with E-state index in [-0.39, 0.29) is 0 Å². The summed E-state index contributed by atoms with van der Waals surface area (Å²) in [7, 11) is 0. The number of hydrogen-bond acceptors (Lipinski definition) is 2. The number of ketones is 1. The van der Waals surface area contributed by atoms with E-state index in [0.29, 0.717) is 17.9 Å². The molecule has 0 radical (unpaired) electrons. The van der Waals surface area contributed by atoms with Gasteiger partial charge in [0, 0.05) is 31.0 Å². The Morgan fingerprint density at radius 3 is 1.88 bits per heavy atom. The molecule has 2 saturated heterocycles. The molecule has 4 rings (SSSR count). The number of hydrogen-bond donors (Lipinski definition) is 0. The second-order valence-corrected chi connectivity index (χ2v) is 6.80. The molecule has 2 nitrogen and oxygen atoms in total. The highest BCUT2D eigenvalue weighted by Gasteiger charge is 2.50. The Morgan fingerprint density at radius 2 is 1.41 bits per heavy atom. The van der Waals surface area contributed by atoms with E-state index in [1.54, 1.807) is 0 Å². The molecule has 2 heterocycles. The number of carbonyl (C=O) groups is 1. The van der Waals surface area contributed by atoms with Crippen LogP contribution < -0.4 is 0 Å². The quantitative estimate of drug-likeness (QED) is 0.747. The minimum absolute atomic E-state index is 0.543. The molecule has 2 unspecified atom stereocenters. The van der Waals surface area contributed by atoms with E-state index < -0.39 is 0 Å². The van der Waals surface area contributed by atoms with Gasteiger partial charge in [0.05, 0.1) is 0 Å². The average Bonchev–Trinajstić information content (AvgIpc) is 3.11. The summed E-state index contributed by atoms with van der Waals surface area (Å²) in [6.45, 7) is 0. The molecule has 2 atom stereocenters. The van der Waals surface area contributed by atoms with Crippen molar-refractivity contribution < 1.29 is 4.79 Å². The predicted octanol–water partition coefficient (Wildman–Crippen LogP) is 2.76. The van der Waals surface area contributed by atoms with E-state index in [4.69, 9.17) is 0 Å². The van der Waals surface area contributed by atoms with Crippen molar-refractivity contribution >= 4 is 5.78 Å². The Kier molecular flexibility index (Phi) is 2.36. The number of rotatable bonds is 3. The zero-order valence-electron chi connectivity index (χ0n) is 10.6. The van der Waals surface area contributed by atoms with Gasteiger partial charge >= 0.3 is 0 Å². The number of Topliss-reactive ketones (excluding diaryl/α,β-unsaturated/α-hetero) is 1. The molecule has 94 valence electrons. The molecule has 2 heteroatoms. The van der Waals surface area contributed by atoms with E-state index >= 15 is 0 Å². The normalized spacial score (nSPS) is 38.8. The van der Waals surface area contributed by atoms with Crippen LogP contribution in [0.25, 0.3) is 0 Å². The van der Waals surface area contributed by atoms with Gasteiger partial charge in [0.15, 0.2) is 0 Å². The summed E-state index contributed by atoms with van der Waals surface area (Å²) < 4.78 is 0. The molecule has 0 aromatic rings. The SMILES string of the molecule is O=C1CC2CCCC(C1)N2C(C1CC1)C1CC1. The summed E-state index contributed by atoms with van der Waals surface area (Å²) in [6.07, 6.45) is 11.5. The van der Waals surface area contributed by atoms with Crippen molar-refractivity contribution in [1.29, 1.82) is 0 Å². The zero-order chi connectivity index (χ0) is 11.4. The Hall–Kier alpha value is -0.370. The van der Waals surface area contributed by atoms with Crippen molar-refractivity contribution in [2.45, 2.75) is 75.9 Å². The van der Waals surface area contributed by atoms with E-state index in [0.717, 1.165) is 30.7 Å². The van der Waals surface area contributed by atoms with E-state index in [1.165, 1.54) is 44.9 Å². The van der Waals surface area contributed by atoms with E-state index in [2.05, 4.69) is 4.90 Å². The number of nitrogens with zero attached hydrogens (tertiary/aromatic N) is 1. The third kappa shape index (κ3) is 1.85. The first kappa shape index (κ1) is 10.5. The summed E-state index contributed by atoms with van der Waals surface area (Å²) in [5, 5.41) is 0. The maximum atomic E-state index is 11.8. The van der Waals surface area contributed by atoms with Gasteiger partial charge in [-0.05, 0) is 50.4 Å². The van der Waals surface area contributed by atoms with Crippen molar-refractivity contribution in [1.82, 2.24) is 4.90 Å². The molecule has 2 bridgehead atoms. The Morgan fingerprint density at radius 1 is 0.882 bits per heavy atom. The van der Waals surface area contributed by atoms with Crippen LogP contribution in [-0.4, -0.2) is 28.8 Å². The van der Waals surface area contributed by atoms with Gasteiger partial charge in [0.25, 0.3) is 0 Å². The molecule has 4 fully saturated rings. The fourth-order valence-electron chi connectivity index (χ4n) is 4.44. The van der Waals surface area contributed by atoms with Gasteiger partial charge in [-0.2, -0.15) is 0 Å². The molecule has 4 aliphatic rings. The molecule has 2 aliphatic heterocycles. The Labute approximate surface area is 104 Å². The van der Waals surface area contributed by atoms with E-state index in [1.807, 2.05) is 0 Å². The van der Waals surface area contributed by atoms with Gasteiger partial charge in [-0.3, -0.25) is 9.69 Å². The molecule has 2 saturated carbocycles. The Bertz CT molecular complexity index is 304. The predicted molar refractivity (Wildman–Crippen MR) is 66.7 cm³/mol. The van der Waals surface area contributed by atoms with Gasteiger partial charge in [0.1, 0.15) is 5.78 Å². The number of carbonyl (C=O) groups excluding carboxylic acids is 1. The third-order valence-corrected chi connectivity index (χ3v) is 5.40. The van der Waals surface area contributed by atoms with Crippen molar-refractivity contribution in [3.05, 3.63) is 0 Å². The van der Waals surface area contributed by atoms with Gasteiger partial charge in [-0.15, -0.1) is 0 Å². The lowest BCUT2D eigenvalue weighted by atomic mass is 9.81. The molecule has 0 aromatic carbocycles. The minimum atomic E-state index is 0.543.